The maximum atomic E-state index is 11.6. The highest BCUT2D eigenvalue weighted by atomic mass is 16.5. The number of hydrogen-bond donors (Lipinski definition) is 3. The third-order valence-corrected chi connectivity index (χ3v) is 3.48. The zero-order chi connectivity index (χ0) is 19.7. The zero-order valence-electron chi connectivity index (χ0n) is 16.1. The fraction of sp³-hybridized carbons (Fsp3) is 0.526. The smallest absolute Gasteiger partial charge is 0.327 e. The van der Waals surface area contributed by atoms with Crippen molar-refractivity contribution < 1.29 is 19.1 Å². The van der Waals surface area contributed by atoms with Crippen molar-refractivity contribution in [3.63, 3.8) is 0 Å². The number of rotatable bonds is 6. The van der Waals surface area contributed by atoms with Gasteiger partial charge in [0.15, 0.2) is 0 Å². The Morgan fingerprint density at radius 1 is 1.00 bits per heavy atom. The molecule has 26 heavy (non-hydrogen) atoms. The summed E-state index contributed by atoms with van der Waals surface area (Å²) in [5.41, 5.74) is 5.59. The van der Waals surface area contributed by atoms with Gasteiger partial charge >= 0.3 is 11.8 Å². The van der Waals surface area contributed by atoms with E-state index in [1.165, 1.54) is 5.56 Å². The van der Waals surface area contributed by atoms with Gasteiger partial charge in [-0.1, -0.05) is 32.9 Å². The summed E-state index contributed by atoms with van der Waals surface area (Å²) in [6.07, 6.45) is 0.660. The van der Waals surface area contributed by atoms with Gasteiger partial charge in [-0.25, -0.2) is 0 Å². The van der Waals surface area contributed by atoms with Crippen LogP contribution in [0.2, 0.25) is 0 Å². The van der Waals surface area contributed by atoms with Gasteiger partial charge in [-0.15, -0.1) is 0 Å². The molecule has 1 rings (SSSR count). The number of benzene rings is 1. The predicted octanol–water partition coefficient (Wildman–Crippen LogP) is 1.82. The summed E-state index contributed by atoms with van der Waals surface area (Å²) in [4.78, 5) is 34.5. The lowest BCUT2D eigenvalue weighted by atomic mass is 9.87. The van der Waals surface area contributed by atoms with Crippen LogP contribution >= 0.6 is 0 Å². The first-order valence-electron chi connectivity index (χ1n) is 8.72. The molecule has 0 saturated carbocycles. The molecular weight excluding hydrogens is 334 g/mol. The van der Waals surface area contributed by atoms with Crippen molar-refractivity contribution in [3.8, 4) is 5.75 Å². The van der Waals surface area contributed by atoms with Crippen molar-refractivity contribution in [3.05, 3.63) is 29.8 Å². The average Bonchev–Trinajstić information content (AvgIpc) is 2.55. The van der Waals surface area contributed by atoms with Crippen molar-refractivity contribution in [1.29, 1.82) is 0 Å². The van der Waals surface area contributed by atoms with Crippen LogP contribution in [0, 0.1) is 0 Å². The van der Waals surface area contributed by atoms with E-state index in [9.17, 15) is 14.4 Å². The summed E-state index contributed by atoms with van der Waals surface area (Å²) in [7, 11) is 0. The summed E-state index contributed by atoms with van der Waals surface area (Å²) in [6.45, 7) is 10.3. The molecule has 3 amide bonds. The number of carbonyl (C=O) groups excluding carboxylic acids is 3. The first kappa shape index (κ1) is 21.5. The standard InChI is InChI=1S/C19H29N3O4/c1-13(2)20-17(24)18(25)22-21-16(23)7-6-12-26-15-10-8-14(9-11-15)19(3,4)5/h8-11,13H,6-7,12H2,1-5H3,(H,20,24)(H,21,23)(H,22,25). The van der Waals surface area contributed by atoms with Crippen LogP contribution in [0.15, 0.2) is 24.3 Å². The highest BCUT2D eigenvalue weighted by molar-refractivity contribution is 6.35. The van der Waals surface area contributed by atoms with Crippen LogP contribution in [0.4, 0.5) is 0 Å². The van der Waals surface area contributed by atoms with Gasteiger partial charge in [0.05, 0.1) is 6.61 Å². The molecule has 1 aromatic carbocycles. The van der Waals surface area contributed by atoms with Crippen molar-refractivity contribution in [1.82, 2.24) is 16.2 Å². The number of hydrazine groups is 1. The Morgan fingerprint density at radius 2 is 1.62 bits per heavy atom. The number of carbonyl (C=O) groups is 3. The highest BCUT2D eigenvalue weighted by Crippen LogP contribution is 2.24. The van der Waals surface area contributed by atoms with Gasteiger partial charge in [-0.3, -0.25) is 25.2 Å². The monoisotopic (exact) mass is 363 g/mol. The molecule has 0 aliphatic carbocycles. The second kappa shape index (κ2) is 9.79. The topological polar surface area (TPSA) is 96.5 Å². The van der Waals surface area contributed by atoms with E-state index in [2.05, 4.69) is 36.9 Å². The Balaban J connectivity index is 2.24. The van der Waals surface area contributed by atoms with E-state index >= 15 is 0 Å². The van der Waals surface area contributed by atoms with Crippen LogP contribution in [-0.4, -0.2) is 30.4 Å². The molecule has 0 aliphatic rings. The SMILES string of the molecule is CC(C)NC(=O)C(=O)NNC(=O)CCCOc1ccc(C(C)(C)C)cc1. The van der Waals surface area contributed by atoms with Gasteiger partial charge in [-0.05, 0) is 43.4 Å². The van der Waals surface area contributed by atoms with E-state index in [4.69, 9.17) is 4.74 Å². The zero-order valence-corrected chi connectivity index (χ0v) is 16.1. The van der Waals surface area contributed by atoms with Crippen molar-refractivity contribution in [2.75, 3.05) is 6.61 Å². The molecule has 0 spiro atoms. The third-order valence-electron chi connectivity index (χ3n) is 3.48. The Labute approximate surface area is 154 Å². The van der Waals surface area contributed by atoms with E-state index < -0.39 is 11.8 Å². The van der Waals surface area contributed by atoms with Crippen LogP contribution in [-0.2, 0) is 19.8 Å². The minimum Gasteiger partial charge on any atom is -0.494 e. The van der Waals surface area contributed by atoms with Gasteiger partial charge in [-0.2, -0.15) is 0 Å². The Bertz CT molecular complexity index is 619. The van der Waals surface area contributed by atoms with Gasteiger partial charge < -0.3 is 10.1 Å². The molecule has 1 aromatic rings. The predicted molar refractivity (Wildman–Crippen MR) is 99.4 cm³/mol. The number of amides is 3. The maximum absolute atomic E-state index is 11.6. The van der Waals surface area contributed by atoms with E-state index in [0.717, 1.165) is 5.75 Å². The molecule has 7 nitrogen and oxygen atoms in total. The van der Waals surface area contributed by atoms with E-state index in [1.54, 1.807) is 13.8 Å². The Hall–Kier alpha value is -2.57. The summed E-state index contributed by atoms with van der Waals surface area (Å²) in [6, 6.07) is 7.72. The number of ether oxygens (including phenoxy) is 1. The van der Waals surface area contributed by atoms with Crippen LogP contribution in [0.1, 0.15) is 53.0 Å². The number of nitrogens with one attached hydrogen (secondary N) is 3. The Morgan fingerprint density at radius 3 is 2.15 bits per heavy atom. The van der Waals surface area contributed by atoms with Crippen molar-refractivity contribution >= 4 is 17.7 Å². The van der Waals surface area contributed by atoms with Crippen molar-refractivity contribution in [2.24, 2.45) is 0 Å². The molecule has 0 atom stereocenters. The molecule has 7 heteroatoms. The molecule has 144 valence electrons. The third kappa shape index (κ3) is 8.00. The lowest BCUT2D eigenvalue weighted by Crippen LogP contribution is -2.49. The summed E-state index contributed by atoms with van der Waals surface area (Å²) in [5.74, 6) is -1.33. The molecule has 0 unspecified atom stereocenters. The molecule has 0 fully saturated rings. The summed E-state index contributed by atoms with van der Waals surface area (Å²) >= 11 is 0. The number of hydrogen-bond acceptors (Lipinski definition) is 4. The summed E-state index contributed by atoms with van der Waals surface area (Å²) in [5, 5.41) is 2.43. The lowest BCUT2D eigenvalue weighted by Gasteiger charge is -2.19. The highest BCUT2D eigenvalue weighted by Gasteiger charge is 2.15. The largest absolute Gasteiger partial charge is 0.494 e. The molecule has 0 saturated heterocycles. The minimum atomic E-state index is -0.901. The van der Waals surface area contributed by atoms with Gasteiger partial charge in [0.1, 0.15) is 5.75 Å². The van der Waals surface area contributed by atoms with Crippen molar-refractivity contribution in [2.45, 2.75) is 58.9 Å². The molecule has 0 bridgehead atoms. The Kier molecular flexibility index (Phi) is 8.09. The van der Waals surface area contributed by atoms with Crippen LogP contribution in [0.25, 0.3) is 0 Å². The van der Waals surface area contributed by atoms with Crippen LogP contribution < -0.4 is 20.9 Å². The van der Waals surface area contributed by atoms with E-state index in [-0.39, 0.29) is 23.8 Å². The molecule has 0 heterocycles. The lowest BCUT2D eigenvalue weighted by molar-refractivity contribution is -0.141. The fourth-order valence-corrected chi connectivity index (χ4v) is 2.05. The fourth-order valence-electron chi connectivity index (χ4n) is 2.05. The first-order valence-corrected chi connectivity index (χ1v) is 8.72. The molecule has 0 aliphatic heterocycles. The second-order valence-electron chi connectivity index (χ2n) is 7.36. The molecule has 0 aromatic heterocycles. The van der Waals surface area contributed by atoms with Crippen LogP contribution in [0.3, 0.4) is 0 Å². The maximum Gasteiger partial charge on any atom is 0.327 e. The minimum absolute atomic E-state index is 0.0904. The summed E-state index contributed by atoms with van der Waals surface area (Å²) < 4.78 is 5.60. The van der Waals surface area contributed by atoms with Crippen LogP contribution in [0.5, 0.6) is 5.75 Å². The van der Waals surface area contributed by atoms with E-state index in [0.29, 0.717) is 13.0 Å². The second-order valence-corrected chi connectivity index (χ2v) is 7.36. The average molecular weight is 363 g/mol. The normalized spacial score (nSPS) is 11.0. The molecular formula is C19H29N3O4. The molecule has 0 radical (unpaired) electrons. The first-order chi connectivity index (χ1) is 12.1. The molecule has 3 N–H and O–H groups in total. The van der Waals surface area contributed by atoms with Gasteiger partial charge in [0.2, 0.25) is 5.91 Å². The van der Waals surface area contributed by atoms with Gasteiger partial charge in [0, 0.05) is 12.5 Å². The quantitative estimate of drug-likeness (QED) is 0.408. The van der Waals surface area contributed by atoms with Gasteiger partial charge in [0.25, 0.3) is 0 Å². The van der Waals surface area contributed by atoms with E-state index in [1.807, 2.05) is 24.3 Å².